The number of fused-ring (bicyclic) bond motifs is 1. The molecule has 1 saturated heterocycles. The molecular weight excluding hydrogens is 612 g/mol. The molecular formula is C36H40N6O6. The zero-order chi connectivity index (χ0) is 34.2. The summed E-state index contributed by atoms with van der Waals surface area (Å²) in [7, 11) is 0. The molecule has 1 fully saturated rings. The summed E-state index contributed by atoms with van der Waals surface area (Å²) in [6.07, 6.45) is 3.31. The second-order valence-electron chi connectivity index (χ2n) is 12.0. The average Bonchev–Trinajstić information content (AvgIpc) is 3.73. The van der Waals surface area contributed by atoms with E-state index >= 15 is 0 Å². The number of ether oxygens (including phenoxy) is 1. The van der Waals surface area contributed by atoms with Gasteiger partial charge in [-0.25, -0.2) is 0 Å². The van der Waals surface area contributed by atoms with E-state index in [-0.39, 0.29) is 25.2 Å². The van der Waals surface area contributed by atoms with Crippen molar-refractivity contribution in [2.75, 3.05) is 6.54 Å². The minimum Gasteiger partial charge on any atom is -0.427 e. The fourth-order valence-electron chi connectivity index (χ4n) is 6.06. The van der Waals surface area contributed by atoms with E-state index in [1.54, 1.807) is 30.5 Å². The van der Waals surface area contributed by atoms with E-state index in [2.05, 4.69) is 15.6 Å². The number of benzene rings is 3. The molecule has 250 valence electrons. The van der Waals surface area contributed by atoms with E-state index in [4.69, 9.17) is 16.2 Å². The number of nitrogens with one attached hydrogen (secondary N) is 3. The summed E-state index contributed by atoms with van der Waals surface area (Å²) >= 11 is 0. The number of H-pyrrole nitrogens is 1. The Labute approximate surface area is 278 Å². The molecule has 0 spiro atoms. The van der Waals surface area contributed by atoms with Crippen molar-refractivity contribution < 1.29 is 28.7 Å². The number of para-hydroxylation sites is 1. The van der Waals surface area contributed by atoms with Gasteiger partial charge < -0.3 is 36.7 Å². The van der Waals surface area contributed by atoms with Crippen LogP contribution in [0.1, 0.15) is 36.5 Å². The van der Waals surface area contributed by atoms with E-state index in [9.17, 15) is 24.0 Å². The Morgan fingerprint density at radius 2 is 1.56 bits per heavy atom. The van der Waals surface area contributed by atoms with Crippen LogP contribution < -0.4 is 26.8 Å². The number of amides is 4. The smallest absolute Gasteiger partial charge is 0.308 e. The highest BCUT2D eigenvalue weighted by molar-refractivity contribution is 5.95. The first-order chi connectivity index (χ1) is 23.1. The molecule has 2 heterocycles. The van der Waals surface area contributed by atoms with Gasteiger partial charge in [-0.3, -0.25) is 24.0 Å². The first-order valence-corrected chi connectivity index (χ1v) is 15.9. The number of hydrogen-bond acceptors (Lipinski definition) is 7. The van der Waals surface area contributed by atoms with Crippen LogP contribution in [0.15, 0.2) is 85.1 Å². The summed E-state index contributed by atoms with van der Waals surface area (Å²) < 4.78 is 5.06. The summed E-state index contributed by atoms with van der Waals surface area (Å²) in [6.45, 7) is 1.65. The number of primary amides is 1. The Bertz CT molecular complexity index is 1770. The van der Waals surface area contributed by atoms with Gasteiger partial charge in [0.1, 0.15) is 23.9 Å². The number of carbonyl (C=O) groups is 5. The van der Waals surface area contributed by atoms with Crippen molar-refractivity contribution >= 4 is 40.5 Å². The minimum absolute atomic E-state index is 0.127. The number of carbonyl (C=O) groups excluding carboxylic acids is 5. The van der Waals surface area contributed by atoms with E-state index in [0.717, 1.165) is 27.6 Å². The first kappa shape index (κ1) is 33.9. The lowest BCUT2D eigenvalue weighted by molar-refractivity contribution is -0.140. The van der Waals surface area contributed by atoms with Crippen LogP contribution in [-0.2, 0) is 43.2 Å². The van der Waals surface area contributed by atoms with Crippen molar-refractivity contribution in [2.45, 2.75) is 63.2 Å². The molecule has 48 heavy (non-hydrogen) atoms. The van der Waals surface area contributed by atoms with E-state index < -0.39 is 47.9 Å². The van der Waals surface area contributed by atoms with E-state index in [1.807, 2.05) is 54.6 Å². The Balaban J connectivity index is 1.30. The molecule has 0 saturated carbocycles. The summed E-state index contributed by atoms with van der Waals surface area (Å²) in [5, 5.41) is 6.51. The van der Waals surface area contributed by atoms with E-state index in [0.29, 0.717) is 25.1 Å². The van der Waals surface area contributed by atoms with Gasteiger partial charge in [0.2, 0.25) is 23.6 Å². The Kier molecular flexibility index (Phi) is 10.9. The maximum absolute atomic E-state index is 13.8. The summed E-state index contributed by atoms with van der Waals surface area (Å²) in [5.41, 5.74) is 15.3. The fraction of sp³-hybridized carbons (Fsp3) is 0.306. The van der Waals surface area contributed by atoms with Gasteiger partial charge in [0.05, 0.1) is 6.04 Å². The van der Waals surface area contributed by atoms with Crippen molar-refractivity contribution in [1.82, 2.24) is 20.5 Å². The summed E-state index contributed by atoms with van der Waals surface area (Å²) in [5.74, 6) is -2.20. The Hall–Kier alpha value is -5.49. The lowest BCUT2D eigenvalue weighted by Gasteiger charge is -2.29. The highest BCUT2D eigenvalue weighted by atomic mass is 16.5. The molecule has 4 aromatic rings. The standard InChI is InChI=1S/C36H40N6O6/c1-22(43)48-26-15-13-24(14-16-26)18-28(37)36(47)42-17-7-12-32(42)35(46)41-31(20-25-21-39-29-11-6-5-10-27(25)29)34(45)40-30(33(38)44)19-23-8-3-2-4-9-23/h2-6,8-11,13-16,21,28,30-32,39H,7,12,17-20,37H2,1H3,(H2,38,44)(H,40,45)(H,41,46)/t28-,30-,31-,32-/m0/s1. The van der Waals surface area contributed by atoms with Crippen LogP contribution in [0.5, 0.6) is 5.75 Å². The van der Waals surface area contributed by atoms with Crippen molar-refractivity contribution in [2.24, 2.45) is 11.5 Å². The molecule has 1 aliphatic heterocycles. The number of hydrogen-bond donors (Lipinski definition) is 5. The molecule has 12 heteroatoms. The lowest BCUT2D eigenvalue weighted by Crippen LogP contribution is -2.58. The Morgan fingerprint density at radius 3 is 2.27 bits per heavy atom. The second kappa shape index (κ2) is 15.4. The number of nitrogens with two attached hydrogens (primary N) is 2. The third-order valence-corrected chi connectivity index (χ3v) is 8.47. The Morgan fingerprint density at radius 1 is 0.875 bits per heavy atom. The molecule has 0 aliphatic carbocycles. The van der Waals surface area contributed by atoms with Crippen LogP contribution >= 0.6 is 0 Å². The van der Waals surface area contributed by atoms with Crippen molar-refractivity contribution in [3.05, 3.63) is 102 Å². The van der Waals surface area contributed by atoms with Gasteiger partial charge in [0, 0.05) is 43.4 Å². The third kappa shape index (κ3) is 8.45. The molecule has 0 unspecified atom stereocenters. The molecule has 12 nitrogen and oxygen atoms in total. The van der Waals surface area contributed by atoms with Crippen LogP contribution in [0, 0.1) is 0 Å². The maximum Gasteiger partial charge on any atom is 0.308 e. The van der Waals surface area contributed by atoms with Crippen LogP contribution in [0.3, 0.4) is 0 Å². The number of aromatic nitrogens is 1. The molecule has 7 N–H and O–H groups in total. The zero-order valence-corrected chi connectivity index (χ0v) is 26.7. The largest absolute Gasteiger partial charge is 0.427 e. The number of likely N-dealkylation sites (tertiary alicyclic amines) is 1. The molecule has 0 bridgehead atoms. The monoisotopic (exact) mass is 652 g/mol. The first-order valence-electron chi connectivity index (χ1n) is 15.9. The van der Waals surface area contributed by atoms with Crippen molar-refractivity contribution in [3.8, 4) is 5.75 Å². The molecule has 0 radical (unpaired) electrons. The highest BCUT2D eigenvalue weighted by Gasteiger charge is 2.38. The molecule has 4 atom stereocenters. The number of aromatic amines is 1. The molecule has 1 aromatic heterocycles. The maximum atomic E-state index is 13.8. The summed E-state index contributed by atoms with van der Waals surface area (Å²) in [4.78, 5) is 69.4. The van der Waals surface area contributed by atoms with Gasteiger partial charge in [-0.2, -0.15) is 0 Å². The number of esters is 1. The lowest BCUT2D eigenvalue weighted by atomic mass is 10.0. The van der Waals surface area contributed by atoms with E-state index in [1.165, 1.54) is 11.8 Å². The SMILES string of the molecule is CC(=O)Oc1ccc(C[C@H](N)C(=O)N2CCC[C@H]2C(=O)N[C@@H](Cc2c[nH]c3ccccc23)C(=O)N[C@@H](Cc2ccccc2)C(N)=O)cc1. The van der Waals surface area contributed by atoms with Gasteiger partial charge in [-0.15, -0.1) is 0 Å². The van der Waals surface area contributed by atoms with Crippen LogP contribution in [0.25, 0.3) is 10.9 Å². The predicted octanol–water partition coefficient (Wildman–Crippen LogP) is 1.89. The summed E-state index contributed by atoms with van der Waals surface area (Å²) in [6, 6.07) is 19.7. The molecule has 4 amide bonds. The van der Waals surface area contributed by atoms with Crippen LogP contribution in [0.2, 0.25) is 0 Å². The highest BCUT2D eigenvalue weighted by Crippen LogP contribution is 2.22. The predicted molar refractivity (Wildman–Crippen MR) is 179 cm³/mol. The number of nitrogens with zero attached hydrogens (tertiary/aromatic N) is 1. The van der Waals surface area contributed by atoms with Crippen LogP contribution in [-0.4, -0.2) is 70.2 Å². The average molecular weight is 653 g/mol. The fourth-order valence-corrected chi connectivity index (χ4v) is 6.06. The molecule has 3 aromatic carbocycles. The van der Waals surface area contributed by atoms with Crippen molar-refractivity contribution in [3.63, 3.8) is 0 Å². The van der Waals surface area contributed by atoms with Gasteiger partial charge >= 0.3 is 5.97 Å². The van der Waals surface area contributed by atoms with Gasteiger partial charge in [0.15, 0.2) is 0 Å². The number of rotatable bonds is 13. The quantitative estimate of drug-likeness (QED) is 0.108. The molecule has 1 aliphatic rings. The van der Waals surface area contributed by atoms with Gasteiger partial charge in [-0.05, 0) is 54.2 Å². The zero-order valence-electron chi connectivity index (χ0n) is 26.7. The van der Waals surface area contributed by atoms with Gasteiger partial charge in [0.25, 0.3) is 0 Å². The molecule has 5 rings (SSSR count). The van der Waals surface area contributed by atoms with Crippen LogP contribution in [0.4, 0.5) is 0 Å². The van der Waals surface area contributed by atoms with Crippen molar-refractivity contribution in [1.29, 1.82) is 0 Å². The topological polar surface area (TPSA) is 190 Å². The normalized spacial score (nSPS) is 16.1. The second-order valence-corrected chi connectivity index (χ2v) is 12.0. The van der Waals surface area contributed by atoms with Gasteiger partial charge in [-0.1, -0.05) is 60.7 Å². The third-order valence-electron chi connectivity index (χ3n) is 8.47. The minimum atomic E-state index is -1.07.